The van der Waals surface area contributed by atoms with Gasteiger partial charge in [0, 0.05) is 18.9 Å². The van der Waals surface area contributed by atoms with Gasteiger partial charge in [-0.1, -0.05) is 12.1 Å². The first-order chi connectivity index (χ1) is 7.25. The van der Waals surface area contributed by atoms with Crippen molar-refractivity contribution in [3.05, 3.63) is 52.7 Å². The highest BCUT2D eigenvalue weighted by atomic mass is 16.3. The van der Waals surface area contributed by atoms with Crippen LogP contribution in [0.25, 0.3) is 0 Å². The Morgan fingerprint density at radius 2 is 2.00 bits per heavy atom. The van der Waals surface area contributed by atoms with Crippen LogP contribution in [0.2, 0.25) is 0 Å². The monoisotopic (exact) mass is 204 g/mol. The fourth-order valence-corrected chi connectivity index (χ4v) is 1.44. The second-order valence-electron chi connectivity index (χ2n) is 3.38. The van der Waals surface area contributed by atoms with E-state index in [0.29, 0.717) is 6.54 Å². The zero-order valence-corrected chi connectivity index (χ0v) is 8.18. The molecule has 2 aromatic rings. The molecule has 1 heterocycles. The number of nitrogens with zero attached hydrogens (tertiary/aromatic N) is 1. The third kappa shape index (κ3) is 2.28. The smallest absolute Gasteiger partial charge is 0.325 e. The molecular formula is C11H12N2O2. The molecule has 15 heavy (non-hydrogen) atoms. The molecule has 0 saturated heterocycles. The third-order valence-corrected chi connectivity index (χ3v) is 2.30. The van der Waals surface area contributed by atoms with Crippen LogP contribution in [0.5, 0.6) is 5.75 Å². The summed E-state index contributed by atoms with van der Waals surface area (Å²) in [5.41, 5.74) is 1.01. The van der Waals surface area contributed by atoms with Gasteiger partial charge in [-0.2, -0.15) is 0 Å². The van der Waals surface area contributed by atoms with E-state index in [1.165, 1.54) is 0 Å². The van der Waals surface area contributed by atoms with Gasteiger partial charge in [-0.05, 0) is 24.1 Å². The topological polar surface area (TPSA) is 58.0 Å². The van der Waals surface area contributed by atoms with E-state index in [0.717, 1.165) is 12.0 Å². The molecule has 0 saturated carbocycles. The Bertz CT molecular complexity index is 482. The maximum absolute atomic E-state index is 11.2. The summed E-state index contributed by atoms with van der Waals surface area (Å²) in [6.45, 7) is 0.646. The lowest BCUT2D eigenvalue weighted by atomic mass is 10.1. The lowest BCUT2D eigenvalue weighted by Gasteiger charge is -2.01. The number of imidazole rings is 1. The van der Waals surface area contributed by atoms with Crippen molar-refractivity contribution in [1.82, 2.24) is 9.55 Å². The van der Waals surface area contributed by atoms with E-state index in [2.05, 4.69) is 4.98 Å². The zero-order chi connectivity index (χ0) is 10.7. The number of aromatic nitrogens is 2. The molecule has 0 fully saturated rings. The minimum absolute atomic E-state index is 0.0891. The number of aryl methyl sites for hydroxylation is 2. The molecule has 0 spiro atoms. The van der Waals surface area contributed by atoms with Crippen LogP contribution in [0, 0.1) is 0 Å². The molecule has 0 atom stereocenters. The maximum Gasteiger partial charge on any atom is 0.325 e. The zero-order valence-electron chi connectivity index (χ0n) is 8.18. The quantitative estimate of drug-likeness (QED) is 0.787. The minimum Gasteiger partial charge on any atom is -0.508 e. The number of H-pyrrole nitrogens is 1. The van der Waals surface area contributed by atoms with Gasteiger partial charge < -0.3 is 10.1 Å². The summed E-state index contributed by atoms with van der Waals surface area (Å²) in [5, 5.41) is 9.09. The minimum atomic E-state index is -0.0891. The van der Waals surface area contributed by atoms with Gasteiger partial charge in [-0.3, -0.25) is 4.57 Å². The van der Waals surface area contributed by atoms with Crippen molar-refractivity contribution in [1.29, 1.82) is 0 Å². The van der Waals surface area contributed by atoms with Crippen LogP contribution in [0.15, 0.2) is 41.5 Å². The predicted octanol–water partition coefficient (Wildman–Crippen LogP) is 1.12. The summed E-state index contributed by atoms with van der Waals surface area (Å²) < 4.78 is 1.62. The van der Waals surface area contributed by atoms with Gasteiger partial charge >= 0.3 is 5.69 Å². The normalized spacial score (nSPS) is 10.4. The molecule has 2 rings (SSSR count). The molecule has 0 aliphatic carbocycles. The van der Waals surface area contributed by atoms with Crippen molar-refractivity contribution in [3.8, 4) is 5.75 Å². The molecule has 1 aromatic carbocycles. The maximum atomic E-state index is 11.2. The third-order valence-electron chi connectivity index (χ3n) is 2.30. The van der Waals surface area contributed by atoms with E-state index in [-0.39, 0.29) is 11.4 Å². The number of phenolic OH excluding ortho intramolecular Hbond substituents is 1. The Kier molecular flexibility index (Phi) is 2.58. The SMILES string of the molecule is O=c1[nH]ccn1CCc1ccc(O)cc1. The van der Waals surface area contributed by atoms with Gasteiger partial charge in [0.1, 0.15) is 5.75 Å². The summed E-state index contributed by atoms with van der Waals surface area (Å²) in [4.78, 5) is 13.7. The van der Waals surface area contributed by atoms with Gasteiger partial charge in [-0.15, -0.1) is 0 Å². The number of benzene rings is 1. The summed E-state index contributed by atoms with van der Waals surface area (Å²) >= 11 is 0. The van der Waals surface area contributed by atoms with Crippen molar-refractivity contribution in [3.63, 3.8) is 0 Å². The van der Waals surface area contributed by atoms with E-state index in [4.69, 9.17) is 5.11 Å². The Morgan fingerprint density at radius 3 is 2.60 bits per heavy atom. The van der Waals surface area contributed by atoms with Crippen LogP contribution in [-0.2, 0) is 13.0 Å². The van der Waals surface area contributed by atoms with Crippen molar-refractivity contribution in [2.24, 2.45) is 0 Å². The van der Waals surface area contributed by atoms with Crippen LogP contribution in [0.4, 0.5) is 0 Å². The molecule has 4 heteroatoms. The molecule has 0 aliphatic rings. The number of rotatable bonds is 3. The summed E-state index contributed by atoms with van der Waals surface area (Å²) in [5.74, 6) is 0.262. The summed E-state index contributed by atoms with van der Waals surface area (Å²) in [7, 11) is 0. The fraction of sp³-hybridized carbons (Fsp3) is 0.182. The lowest BCUT2D eigenvalue weighted by Crippen LogP contribution is -2.17. The van der Waals surface area contributed by atoms with Gasteiger partial charge in [0.2, 0.25) is 0 Å². The van der Waals surface area contributed by atoms with Gasteiger partial charge in [-0.25, -0.2) is 4.79 Å². The first-order valence-corrected chi connectivity index (χ1v) is 4.77. The number of aromatic amines is 1. The Hall–Kier alpha value is -1.97. The molecule has 0 aliphatic heterocycles. The van der Waals surface area contributed by atoms with E-state index < -0.39 is 0 Å². The molecular weight excluding hydrogens is 192 g/mol. The van der Waals surface area contributed by atoms with Crippen LogP contribution < -0.4 is 5.69 Å². The molecule has 1 aromatic heterocycles. The molecule has 0 bridgehead atoms. The van der Waals surface area contributed by atoms with Crippen molar-refractivity contribution >= 4 is 0 Å². The van der Waals surface area contributed by atoms with Crippen molar-refractivity contribution in [2.75, 3.05) is 0 Å². The number of aromatic hydroxyl groups is 1. The molecule has 0 unspecified atom stereocenters. The highest BCUT2D eigenvalue weighted by Gasteiger charge is 1.97. The van der Waals surface area contributed by atoms with Gasteiger partial charge in [0.05, 0.1) is 0 Å². The molecule has 0 radical (unpaired) electrons. The first kappa shape index (κ1) is 9.58. The standard InChI is InChI=1S/C11H12N2O2/c14-10-3-1-9(2-4-10)5-7-13-8-6-12-11(13)15/h1-4,6,8,14H,5,7H2,(H,12,15). The van der Waals surface area contributed by atoms with E-state index in [1.807, 2.05) is 12.1 Å². The highest BCUT2D eigenvalue weighted by Crippen LogP contribution is 2.10. The first-order valence-electron chi connectivity index (χ1n) is 4.77. The van der Waals surface area contributed by atoms with Gasteiger partial charge in [0.25, 0.3) is 0 Å². The number of hydrogen-bond acceptors (Lipinski definition) is 2. The Labute approximate surface area is 86.8 Å². The van der Waals surface area contributed by atoms with E-state index in [9.17, 15) is 4.79 Å². The second-order valence-corrected chi connectivity index (χ2v) is 3.38. The lowest BCUT2D eigenvalue weighted by molar-refractivity contribution is 0.475. The average molecular weight is 204 g/mol. The van der Waals surface area contributed by atoms with E-state index >= 15 is 0 Å². The number of phenols is 1. The van der Waals surface area contributed by atoms with E-state index in [1.54, 1.807) is 29.1 Å². The van der Waals surface area contributed by atoms with Crippen molar-refractivity contribution in [2.45, 2.75) is 13.0 Å². The molecule has 2 N–H and O–H groups in total. The highest BCUT2D eigenvalue weighted by molar-refractivity contribution is 5.25. The fourth-order valence-electron chi connectivity index (χ4n) is 1.44. The number of hydrogen-bond donors (Lipinski definition) is 2. The molecule has 78 valence electrons. The Balaban J connectivity index is 2.02. The van der Waals surface area contributed by atoms with Gasteiger partial charge in [0.15, 0.2) is 0 Å². The van der Waals surface area contributed by atoms with Crippen molar-refractivity contribution < 1.29 is 5.11 Å². The summed E-state index contributed by atoms with van der Waals surface area (Å²) in [6, 6.07) is 7.00. The summed E-state index contributed by atoms with van der Waals surface area (Å²) in [6.07, 6.45) is 4.12. The van der Waals surface area contributed by atoms with Crippen LogP contribution in [0.1, 0.15) is 5.56 Å². The number of nitrogens with one attached hydrogen (secondary N) is 1. The predicted molar refractivity (Wildman–Crippen MR) is 56.9 cm³/mol. The van der Waals surface area contributed by atoms with Crippen LogP contribution in [0.3, 0.4) is 0 Å². The largest absolute Gasteiger partial charge is 0.508 e. The average Bonchev–Trinajstić information content (AvgIpc) is 2.63. The van der Waals surface area contributed by atoms with Crippen LogP contribution in [-0.4, -0.2) is 14.7 Å². The van der Waals surface area contributed by atoms with Crippen LogP contribution >= 0.6 is 0 Å². The molecule has 4 nitrogen and oxygen atoms in total. The Morgan fingerprint density at radius 1 is 1.27 bits per heavy atom. The second kappa shape index (κ2) is 4.04. The molecule has 0 amide bonds.